The van der Waals surface area contributed by atoms with E-state index in [1.54, 1.807) is 0 Å². The van der Waals surface area contributed by atoms with Crippen LogP contribution >= 0.6 is 0 Å². The Morgan fingerprint density at radius 3 is 2.42 bits per heavy atom. The molecule has 1 unspecified atom stereocenters. The highest BCUT2D eigenvalue weighted by Crippen LogP contribution is 2.17. The molecular formula is C6H8O6. The molecule has 0 aromatic heterocycles. The van der Waals surface area contributed by atoms with E-state index >= 15 is 0 Å². The summed E-state index contributed by atoms with van der Waals surface area (Å²) in [5.74, 6) is -1.53. The molecular weight excluding hydrogens is 168 g/mol. The van der Waals surface area contributed by atoms with E-state index in [0.29, 0.717) is 6.26 Å². The maximum atomic E-state index is 10.8. The van der Waals surface area contributed by atoms with Crippen LogP contribution in [0.4, 0.5) is 0 Å². The van der Waals surface area contributed by atoms with Gasteiger partial charge in [-0.15, -0.1) is 0 Å². The summed E-state index contributed by atoms with van der Waals surface area (Å²) >= 11 is 0. The summed E-state index contributed by atoms with van der Waals surface area (Å²) in [6.07, 6.45) is -4.81. The van der Waals surface area contributed by atoms with Crippen molar-refractivity contribution < 1.29 is 30.0 Å². The summed E-state index contributed by atoms with van der Waals surface area (Å²) in [4.78, 5) is 10.8. The van der Waals surface area contributed by atoms with Gasteiger partial charge < -0.3 is 25.2 Å². The lowest BCUT2D eigenvalue weighted by atomic mass is 10.1. The fourth-order valence-corrected chi connectivity index (χ4v) is 0.809. The van der Waals surface area contributed by atoms with Crippen LogP contribution < -0.4 is 0 Å². The van der Waals surface area contributed by atoms with Crippen molar-refractivity contribution in [2.24, 2.45) is 0 Å². The molecule has 68 valence electrons. The van der Waals surface area contributed by atoms with E-state index in [9.17, 15) is 4.79 Å². The average Bonchev–Trinajstić information content (AvgIpc) is 2.08. The minimum absolute atomic E-state index is 0.320. The summed E-state index contributed by atoms with van der Waals surface area (Å²) in [6, 6.07) is 0. The van der Waals surface area contributed by atoms with Gasteiger partial charge in [-0.1, -0.05) is 0 Å². The molecule has 1 aliphatic heterocycles. The number of ether oxygens (including phenoxy) is 1. The quantitative estimate of drug-likeness (QED) is 0.252. The van der Waals surface area contributed by atoms with Crippen molar-refractivity contribution >= 4 is 5.78 Å². The van der Waals surface area contributed by atoms with Gasteiger partial charge in [-0.3, -0.25) is 4.79 Å². The summed E-state index contributed by atoms with van der Waals surface area (Å²) in [7, 11) is 0. The number of Topliss-reactive ketones (excluding diaryl/α,β-unsaturated/α-hetero) is 1. The van der Waals surface area contributed by atoms with Gasteiger partial charge in [0.2, 0.25) is 17.8 Å². The van der Waals surface area contributed by atoms with E-state index in [4.69, 9.17) is 20.4 Å². The first-order valence-electron chi connectivity index (χ1n) is 3.17. The molecule has 0 aliphatic carbocycles. The molecule has 12 heavy (non-hydrogen) atoms. The molecule has 1 rings (SSSR count). The van der Waals surface area contributed by atoms with Crippen LogP contribution in [-0.4, -0.2) is 44.7 Å². The number of rotatable bonds is 0. The Labute approximate surface area is 67.3 Å². The Morgan fingerprint density at radius 2 is 1.92 bits per heavy atom. The van der Waals surface area contributed by atoms with E-state index in [1.165, 1.54) is 0 Å². The van der Waals surface area contributed by atoms with E-state index in [0.717, 1.165) is 0 Å². The number of hydrogen-bond donors (Lipinski definition) is 4. The van der Waals surface area contributed by atoms with Gasteiger partial charge >= 0.3 is 0 Å². The van der Waals surface area contributed by atoms with Crippen LogP contribution in [0, 0.1) is 0 Å². The maximum absolute atomic E-state index is 10.8. The summed E-state index contributed by atoms with van der Waals surface area (Å²) in [6.45, 7) is 0. The first kappa shape index (κ1) is 8.98. The molecule has 0 radical (unpaired) electrons. The molecule has 0 aromatic carbocycles. The smallest absolute Gasteiger partial charge is 0.231 e. The lowest BCUT2D eigenvalue weighted by Gasteiger charge is -2.28. The lowest BCUT2D eigenvalue weighted by Crippen LogP contribution is -2.49. The summed E-state index contributed by atoms with van der Waals surface area (Å²) in [5, 5.41) is 35.0. The molecule has 6 nitrogen and oxygen atoms in total. The minimum Gasteiger partial charge on any atom is -0.512 e. The second-order valence-electron chi connectivity index (χ2n) is 2.30. The van der Waals surface area contributed by atoms with Gasteiger partial charge in [0.05, 0.1) is 0 Å². The topological polar surface area (TPSA) is 107 Å². The average molecular weight is 176 g/mol. The van der Waals surface area contributed by atoms with Crippen LogP contribution in [0.15, 0.2) is 12.0 Å². The van der Waals surface area contributed by atoms with Crippen LogP contribution in [0.25, 0.3) is 0 Å². The van der Waals surface area contributed by atoms with Crippen molar-refractivity contribution in [1.29, 1.82) is 0 Å². The van der Waals surface area contributed by atoms with E-state index in [1.807, 2.05) is 0 Å². The van der Waals surface area contributed by atoms with Crippen molar-refractivity contribution in [1.82, 2.24) is 0 Å². The van der Waals surface area contributed by atoms with Crippen LogP contribution in [0.5, 0.6) is 0 Å². The van der Waals surface area contributed by atoms with Gasteiger partial charge in [0.15, 0.2) is 6.10 Å². The standard InChI is InChI=1S/C6H8O6/c7-1-2-3(8)4(9)5(10)6(11)12-2/h1,4-7,9-11H/t4-,5-,6?/m1/s1. The third-order valence-electron chi connectivity index (χ3n) is 1.49. The number of carbonyl (C=O) groups is 1. The second kappa shape index (κ2) is 3.10. The highest BCUT2D eigenvalue weighted by Gasteiger charge is 2.40. The molecule has 0 spiro atoms. The molecule has 1 saturated heterocycles. The third kappa shape index (κ3) is 1.27. The van der Waals surface area contributed by atoms with Gasteiger partial charge in [-0.2, -0.15) is 0 Å². The molecule has 6 heteroatoms. The zero-order valence-corrected chi connectivity index (χ0v) is 5.91. The number of ketones is 1. The molecule has 1 aliphatic rings. The van der Waals surface area contributed by atoms with Crippen LogP contribution in [0.2, 0.25) is 0 Å². The summed E-state index contributed by atoms with van der Waals surface area (Å²) < 4.78 is 4.34. The molecule has 1 heterocycles. The molecule has 1 fully saturated rings. The van der Waals surface area contributed by atoms with E-state index in [-0.39, 0.29) is 0 Å². The molecule has 0 saturated carbocycles. The second-order valence-corrected chi connectivity index (χ2v) is 2.30. The van der Waals surface area contributed by atoms with Crippen molar-refractivity contribution in [3.63, 3.8) is 0 Å². The molecule has 0 aromatic rings. The van der Waals surface area contributed by atoms with Crippen molar-refractivity contribution in [2.75, 3.05) is 0 Å². The van der Waals surface area contributed by atoms with E-state index < -0.39 is 30.0 Å². The van der Waals surface area contributed by atoms with Crippen LogP contribution in [0.1, 0.15) is 0 Å². The predicted molar refractivity (Wildman–Crippen MR) is 34.8 cm³/mol. The lowest BCUT2D eigenvalue weighted by molar-refractivity contribution is -0.197. The molecule has 0 bridgehead atoms. The predicted octanol–water partition coefficient (Wildman–Crippen LogP) is -1.97. The van der Waals surface area contributed by atoms with E-state index in [2.05, 4.69) is 4.74 Å². The van der Waals surface area contributed by atoms with Gasteiger partial charge in [-0.05, 0) is 0 Å². The fourth-order valence-electron chi connectivity index (χ4n) is 0.809. The van der Waals surface area contributed by atoms with Crippen molar-refractivity contribution in [2.45, 2.75) is 18.5 Å². The van der Waals surface area contributed by atoms with Crippen molar-refractivity contribution in [3.05, 3.63) is 12.0 Å². The minimum atomic E-state index is -1.76. The number of aliphatic hydroxyl groups excluding tert-OH is 4. The van der Waals surface area contributed by atoms with Gasteiger partial charge in [0, 0.05) is 0 Å². The van der Waals surface area contributed by atoms with Crippen LogP contribution in [-0.2, 0) is 9.53 Å². The number of hydrogen-bond acceptors (Lipinski definition) is 6. The maximum Gasteiger partial charge on any atom is 0.231 e. The zero-order valence-electron chi connectivity index (χ0n) is 5.91. The Bertz CT molecular complexity index is 222. The van der Waals surface area contributed by atoms with Gasteiger partial charge in [-0.25, -0.2) is 0 Å². The Balaban J connectivity index is 2.85. The van der Waals surface area contributed by atoms with Crippen molar-refractivity contribution in [3.8, 4) is 0 Å². The van der Waals surface area contributed by atoms with Crippen LogP contribution in [0.3, 0.4) is 0 Å². The normalized spacial score (nSPS) is 39.8. The Kier molecular flexibility index (Phi) is 2.32. The monoisotopic (exact) mass is 176 g/mol. The molecule has 0 amide bonds. The first-order chi connectivity index (χ1) is 5.57. The molecule has 4 N–H and O–H groups in total. The third-order valence-corrected chi connectivity index (χ3v) is 1.49. The first-order valence-corrected chi connectivity index (χ1v) is 3.17. The highest BCUT2D eigenvalue weighted by atomic mass is 16.6. The largest absolute Gasteiger partial charge is 0.512 e. The molecule has 3 atom stereocenters. The Hall–Kier alpha value is -1.11. The van der Waals surface area contributed by atoms with Gasteiger partial charge in [0.25, 0.3) is 0 Å². The zero-order chi connectivity index (χ0) is 9.30. The number of carbonyl (C=O) groups excluding carboxylic acids is 1. The highest BCUT2D eigenvalue weighted by molar-refractivity contribution is 5.97. The summed E-state index contributed by atoms with van der Waals surface area (Å²) in [5.41, 5.74) is 0. The fraction of sp³-hybridized carbons (Fsp3) is 0.500. The Morgan fingerprint density at radius 1 is 1.33 bits per heavy atom. The SMILES string of the molecule is O=C1C(=CO)OC(O)[C@H](O)[C@@H]1O. The number of aliphatic hydroxyl groups is 4. The van der Waals surface area contributed by atoms with Gasteiger partial charge in [0.1, 0.15) is 12.4 Å².